The topological polar surface area (TPSA) is 71.7 Å². The Morgan fingerprint density at radius 2 is 2.05 bits per heavy atom. The van der Waals surface area contributed by atoms with Gasteiger partial charge in [0.15, 0.2) is 0 Å². The Kier molecular flexibility index (Phi) is 2.35. The third-order valence-electron chi connectivity index (χ3n) is 3.69. The molecule has 0 saturated carbocycles. The first kappa shape index (κ1) is 12.3. The molecular formula is C15H10N2O3S. The van der Waals surface area contributed by atoms with E-state index in [1.165, 1.54) is 22.9 Å². The summed E-state index contributed by atoms with van der Waals surface area (Å²) in [5.41, 5.74) is 1.44. The lowest BCUT2D eigenvalue weighted by atomic mass is 10.1. The number of fused-ring (bicyclic) bond motifs is 3. The highest BCUT2D eigenvalue weighted by molar-refractivity contribution is 7.84. The number of benzene rings is 1. The minimum Gasteiger partial charge on any atom is -0.506 e. The zero-order valence-electron chi connectivity index (χ0n) is 11.0. The van der Waals surface area contributed by atoms with Crippen molar-refractivity contribution in [3.8, 4) is 5.75 Å². The Balaban J connectivity index is 2.48. The minimum absolute atomic E-state index is 0.0136. The number of para-hydroxylation sites is 1. The van der Waals surface area contributed by atoms with Gasteiger partial charge in [-0.1, -0.05) is 18.2 Å². The molecule has 0 fully saturated rings. The Labute approximate surface area is 121 Å². The van der Waals surface area contributed by atoms with E-state index in [1.807, 2.05) is 24.3 Å². The summed E-state index contributed by atoms with van der Waals surface area (Å²) in [7, 11) is -1.33. The van der Waals surface area contributed by atoms with Crippen LogP contribution in [0.5, 0.6) is 5.75 Å². The molecule has 0 unspecified atom stereocenters. The zero-order valence-corrected chi connectivity index (χ0v) is 11.8. The van der Waals surface area contributed by atoms with Crippen molar-refractivity contribution < 1.29 is 9.32 Å². The van der Waals surface area contributed by atoms with Gasteiger partial charge in [-0.25, -0.2) is 4.98 Å². The molecule has 0 bridgehead atoms. The Hall–Kier alpha value is -2.47. The molecule has 6 heteroatoms. The molecule has 0 spiro atoms. The fraction of sp³-hybridized carbons (Fsp3) is 0.0667. The van der Waals surface area contributed by atoms with E-state index < -0.39 is 10.8 Å². The molecule has 104 valence electrons. The van der Waals surface area contributed by atoms with Gasteiger partial charge in [0.2, 0.25) is 0 Å². The molecule has 4 aromatic rings. The van der Waals surface area contributed by atoms with Crippen molar-refractivity contribution in [1.29, 1.82) is 0 Å². The van der Waals surface area contributed by atoms with Crippen molar-refractivity contribution in [2.24, 2.45) is 0 Å². The second-order valence-electron chi connectivity index (χ2n) is 4.87. The monoisotopic (exact) mass is 298 g/mol. The Bertz CT molecular complexity index is 1100. The maximum absolute atomic E-state index is 12.4. The van der Waals surface area contributed by atoms with Crippen LogP contribution in [-0.2, 0) is 10.8 Å². The summed E-state index contributed by atoms with van der Waals surface area (Å²) in [6.07, 6.45) is 2.85. The number of hydrogen-bond acceptors (Lipinski definition) is 4. The van der Waals surface area contributed by atoms with Crippen molar-refractivity contribution in [2.45, 2.75) is 4.90 Å². The van der Waals surface area contributed by atoms with E-state index >= 15 is 0 Å². The lowest BCUT2D eigenvalue weighted by Gasteiger charge is -2.05. The second-order valence-corrected chi connectivity index (χ2v) is 6.22. The van der Waals surface area contributed by atoms with Gasteiger partial charge in [-0.2, -0.15) is 0 Å². The normalized spacial score (nSPS) is 13.4. The molecule has 5 nitrogen and oxygen atoms in total. The standard InChI is InChI=1S/C15H10N2O3S/c1-21(20)11-6-12(19)17-9-5-3-2-4-8(9)13-10(18)7-16-14(11)15(13)17/h2-7,18H,1H3/t21-/m1/s1. The molecule has 0 aliphatic carbocycles. The lowest BCUT2D eigenvalue weighted by molar-refractivity contribution is 0.480. The van der Waals surface area contributed by atoms with Crippen LogP contribution in [0, 0.1) is 0 Å². The van der Waals surface area contributed by atoms with E-state index in [0.29, 0.717) is 26.8 Å². The number of hydrogen-bond donors (Lipinski definition) is 1. The number of nitrogens with zero attached hydrogens (tertiary/aromatic N) is 2. The van der Waals surface area contributed by atoms with Gasteiger partial charge < -0.3 is 5.11 Å². The molecule has 1 atom stereocenters. The smallest absolute Gasteiger partial charge is 0.256 e. The first-order valence-electron chi connectivity index (χ1n) is 6.30. The van der Waals surface area contributed by atoms with E-state index in [0.717, 1.165) is 5.39 Å². The summed E-state index contributed by atoms with van der Waals surface area (Å²) < 4.78 is 13.4. The highest BCUT2D eigenvalue weighted by Gasteiger charge is 2.20. The molecule has 21 heavy (non-hydrogen) atoms. The largest absolute Gasteiger partial charge is 0.506 e. The molecule has 0 saturated heterocycles. The van der Waals surface area contributed by atoms with Gasteiger partial charge in [-0.15, -0.1) is 0 Å². The van der Waals surface area contributed by atoms with Crippen molar-refractivity contribution in [3.63, 3.8) is 0 Å². The summed E-state index contributed by atoms with van der Waals surface area (Å²) in [5, 5.41) is 11.5. The maximum atomic E-state index is 12.4. The molecule has 1 aromatic carbocycles. The average molecular weight is 298 g/mol. The summed E-state index contributed by atoms with van der Waals surface area (Å²) in [6.45, 7) is 0. The predicted octanol–water partition coefficient (Wildman–Crippen LogP) is 1.88. The van der Waals surface area contributed by atoms with Crippen LogP contribution in [0.3, 0.4) is 0 Å². The van der Waals surface area contributed by atoms with Gasteiger partial charge in [0.1, 0.15) is 11.3 Å². The van der Waals surface area contributed by atoms with Crippen LogP contribution < -0.4 is 5.56 Å². The Morgan fingerprint density at radius 3 is 2.81 bits per heavy atom. The summed E-state index contributed by atoms with van der Waals surface area (Å²) in [5.74, 6) is 0.0136. The predicted molar refractivity (Wildman–Crippen MR) is 81.7 cm³/mol. The highest BCUT2D eigenvalue weighted by Crippen LogP contribution is 2.36. The lowest BCUT2D eigenvalue weighted by Crippen LogP contribution is -2.13. The second kappa shape index (κ2) is 4.02. The van der Waals surface area contributed by atoms with Crippen LogP contribution in [-0.4, -0.2) is 25.0 Å². The molecule has 1 N–H and O–H groups in total. The fourth-order valence-corrected chi connectivity index (χ4v) is 3.54. The first-order valence-corrected chi connectivity index (χ1v) is 7.86. The van der Waals surface area contributed by atoms with E-state index in [4.69, 9.17) is 0 Å². The van der Waals surface area contributed by atoms with Gasteiger partial charge in [0.05, 0.1) is 38.3 Å². The van der Waals surface area contributed by atoms with Crippen LogP contribution in [0.25, 0.3) is 27.3 Å². The Morgan fingerprint density at radius 1 is 1.29 bits per heavy atom. The SMILES string of the molecule is C[S@@](=O)c1cc(=O)n2c3ccccc3c3c(O)cnc1c32. The molecule has 0 aliphatic heterocycles. The van der Waals surface area contributed by atoms with Crippen molar-refractivity contribution >= 4 is 38.1 Å². The molecule has 0 radical (unpaired) electrons. The number of pyridine rings is 2. The van der Waals surface area contributed by atoms with Crippen molar-refractivity contribution in [1.82, 2.24) is 9.38 Å². The number of rotatable bonds is 1. The third kappa shape index (κ3) is 1.48. The maximum Gasteiger partial charge on any atom is 0.256 e. The zero-order chi connectivity index (χ0) is 14.7. The van der Waals surface area contributed by atoms with Crippen LogP contribution in [0.4, 0.5) is 0 Å². The summed E-state index contributed by atoms with van der Waals surface area (Å²) in [4.78, 5) is 17.0. The van der Waals surface area contributed by atoms with Gasteiger partial charge >= 0.3 is 0 Å². The average Bonchev–Trinajstić information content (AvgIpc) is 2.82. The van der Waals surface area contributed by atoms with Crippen molar-refractivity contribution in [3.05, 3.63) is 46.9 Å². The number of aromatic hydroxyl groups is 1. The third-order valence-corrected chi connectivity index (χ3v) is 4.62. The molecule has 0 amide bonds. The summed E-state index contributed by atoms with van der Waals surface area (Å²) in [6, 6.07) is 8.70. The first-order chi connectivity index (χ1) is 10.1. The molecule has 0 aliphatic rings. The molecule has 4 rings (SSSR count). The highest BCUT2D eigenvalue weighted by atomic mass is 32.2. The number of aromatic nitrogens is 2. The molecular weight excluding hydrogens is 288 g/mol. The van der Waals surface area contributed by atoms with Gasteiger partial charge in [-0.3, -0.25) is 13.4 Å². The van der Waals surface area contributed by atoms with Crippen molar-refractivity contribution in [2.75, 3.05) is 6.26 Å². The van der Waals surface area contributed by atoms with Crippen LogP contribution in [0.2, 0.25) is 0 Å². The van der Waals surface area contributed by atoms with E-state index in [-0.39, 0.29) is 11.3 Å². The minimum atomic E-state index is -1.33. The molecule has 3 heterocycles. The van der Waals surface area contributed by atoms with Gasteiger partial charge in [0.25, 0.3) is 5.56 Å². The van der Waals surface area contributed by atoms with E-state index in [2.05, 4.69) is 4.98 Å². The summed E-state index contributed by atoms with van der Waals surface area (Å²) >= 11 is 0. The molecule has 3 aromatic heterocycles. The van der Waals surface area contributed by atoms with Crippen LogP contribution >= 0.6 is 0 Å². The fourth-order valence-electron chi connectivity index (χ4n) is 2.85. The van der Waals surface area contributed by atoms with E-state index in [1.54, 1.807) is 0 Å². The van der Waals surface area contributed by atoms with Gasteiger partial charge in [0, 0.05) is 17.7 Å². The quantitative estimate of drug-likeness (QED) is 0.582. The van der Waals surface area contributed by atoms with Gasteiger partial charge in [-0.05, 0) is 6.07 Å². The van der Waals surface area contributed by atoms with Crippen LogP contribution in [0.15, 0.2) is 46.2 Å². The van der Waals surface area contributed by atoms with Crippen LogP contribution in [0.1, 0.15) is 0 Å². The van der Waals surface area contributed by atoms with E-state index in [9.17, 15) is 14.1 Å².